The summed E-state index contributed by atoms with van der Waals surface area (Å²) in [5.74, 6) is 0.746. The summed E-state index contributed by atoms with van der Waals surface area (Å²) in [5.41, 5.74) is 0. The van der Waals surface area contributed by atoms with Crippen molar-refractivity contribution in [2.24, 2.45) is 17.8 Å². The number of unbranched alkanes of at least 4 members (excludes halogenated alkanes) is 1. The van der Waals surface area contributed by atoms with E-state index in [0.717, 1.165) is 12.8 Å². The summed E-state index contributed by atoms with van der Waals surface area (Å²) >= 11 is 0. The first-order valence-electron chi connectivity index (χ1n) is 6.02. The van der Waals surface area contributed by atoms with Crippen LogP contribution in [0.1, 0.15) is 47.5 Å². The highest BCUT2D eigenvalue weighted by molar-refractivity contribution is 5.06. The lowest BCUT2D eigenvalue weighted by Crippen LogP contribution is -2.02. The van der Waals surface area contributed by atoms with E-state index in [1.54, 1.807) is 6.08 Å². The van der Waals surface area contributed by atoms with E-state index in [-0.39, 0.29) is 11.7 Å². The molecule has 0 rings (SSSR count). The zero-order chi connectivity index (χ0) is 11.8. The largest absolute Gasteiger partial charge is 0.212 e. The van der Waals surface area contributed by atoms with Crippen LogP contribution in [0.5, 0.6) is 0 Å². The molecule has 0 aliphatic heterocycles. The molecular weight excluding hydrogens is 187 g/mol. The summed E-state index contributed by atoms with van der Waals surface area (Å²) in [7, 11) is 0. The Hall–Kier alpha value is -0.590. The third-order valence-corrected chi connectivity index (χ3v) is 2.79. The molecule has 0 heterocycles. The Labute approximate surface area is 94.3 Å². The van der Waals surface area contributed by atoms with Crippen LogP contribution in [0.3, 0.4) is 0 Å². The van der Waals surface area contributed by atoms with E-state index >= 15 is 0 Å². The summed E-state index contributed by atoms with van der Waals surface area (Å²) in [5, 5.41) is 0. The zero-order valence-electron chi connectivity index (χ0n) is 10.8. The Bertz CT molecular complexity index is 213. The molecule has 0 saturated carbocycles. The molecular formula is C14H25F. The van der Waals surface area contributed by atoms with Gasteiger partial charge in [-0.2, -0.15) is 0 Å². The standard InChI is InChI=1S/C14H25F/c1-6-7-8-9-12(4)14(15)10-13(5)11(2)3/h8-13H,6-7H2,1-5H3/b9-8-,14-10+/t12-,13+/m0/s1. The first-order valence-corrected chi connectivity index (χ1v) is 6.02. The number of allylic oxidation sites excluding steroid dienone is 4. The highest BCUT2D eigenvalue weighted by atomic mass is 19.1. The molecule has 0 aromatic heterocycles. The first kappa shape index (κ1) is 14.4. The number of halogens is 1. The average Bonchev–Trinajstić information content (AvgIpc) is 2.17. The maximum Gasteiger partial charge on any atom is 0.103 e. The summed E-state index contributed by atoms with van der Waals surface area (Å²) in [4.78, 5) is 0. The van der Waals surface area contributed by atoms with E-state index in [0.29, 0.717) is 11.8 Å². The predicted molar refractivity (Wildman–Crippen MR) is 66.4 cm³/mol. The van der Waals surface area contributed by atoms with Crippen LogP contribution >= 0.6 is 0 Å². The summed E-state index contributed by atoms with van der Waals surface area (Å²) < 4.78 is 13.6. The van der Waals surface area contributed by atoms with Crippen molar-refractivity contribution in [1.29, 1.82) is 0 Å². The van der Waals surface area contributed by atoms with Crippen molar-refractivity contribution in [2.75, 3.05) is 0 Å². The van der Waals surface area contributed by atoms with Crippen molar-refractivity contribution in [2.45, 2.75) is 47.5 Å². The van der Waals surface area contributed by atoms with Gasteiger partial charge in [0.05, 0.1) is 0 Å². The van der Waals surface area contributed by atoms with E-state index < -0.39 is 0 Å². The van der Waals surface area contributed by atoms with Crippen LogP contribution in [-0.4, -0.2) is 0 Å². The number of hydrogen-bond acceptors (Lipinski definition) is 0. The molecule has 0 nitrogen and oxygen atoms in total. The summed E-state index contributed by atoms with van der Waals surface area (Å²) in [6.07, 6.45) is 7.94. The predicted octanol–water partition coefficient (Wildman–Crippen LogP) is 5.12. The Morgan fingerprint density at radius 3 is 2.27 bits per heavy atom. The smallest absolute Gasteiger partial charge is 0.103 e. The normalized spacial score (nSPS) is 17.4. The Morgan fingerprint density at radius 1 is 1.20 bits per heavy atom. The monoisotopic (exact) mass is 212 g/mol. The molecule has 0 radical (unpaired) electrons. The fraction of sp³-hybridized carbons (Fsp3) is 0.714. The maximum atomic E-state index is 13.6. The van der Waals surface area contributed by atoms with Crippen LogP contribution in [0.15, 0.2) is 24.1 Å². The Balaban J connectivity index is 4.23. The molecule has 0 aromatic carbocycles. The molecule has 0 spiro atoms. The van der Waals surface area contributed by atoms with Gasteiger partial charge in [0.1, 0.15) is 5.83 Å². The Morgan fingerprint density at radius 2 is 1.80 bits per heavy atom. The van der Waals surface area contributed by atoms with Crippen molar-refractivity contribution in [3.8, 4) is 0 Å². The lowest BCUT2D eigenvalue weighted by molar-refractivity contribution is 0.469. The second kappa shape index (κ2) is 7.67. The first-order chi connectivity index (χ1) is 6.99. The highest BCUT2D eigenvalue weighted by Gasteiger charge is 2.09. The van der Waals surface area contributed by atoms with Gasteiger partial charge in [0.25, 0.3) is 0 Å². The minimum atomic E-state index is -0.0715. The summed E-state index contributed by atoms with van der Waals surface area (Å²) in [6, 6.07) is 0. The van der Waals surface area contributed by atoms with Gasteiger partial charge in [-0.3, -0.25) is 0 Å². The van der Waals surface area contributed by atoms with Gasteiger partial charge in [-0.15, -0.1) is 0 Å². The van der Waals surface area contributed by atoms with Crippen molar-refractivity contribution in [1.82, 2.24) is 0 Å². The molecule has 0 saturated heterocycles. The van der Waals surface area contributed by atoms with Gasteiger partial charge in [-0.1, -0.05) is 53.2 Å². The topological polar surface area (TPSA) is 0 Å². The maximum absolute atomic E-state index is 13.6. The molecule has 0 aromatic rings. The molecule has 0 amide bonds. The zero-order valence-corrected chi connectivity index (χ0v) is 10.8. The van der Waals surface area contributed by atoms with E-state index in [1.807, 2.05) is 13.0 Å². The molecule has 1 heteroatoms. The molecule has 0 unspecified atom stereocenters. The second-order valence-electron chi connectivity index (χ2n) is 4.66. The van der Waals surface area contributed by atoms with Gasteiger partial charge < -0.3 is 0 Å². The van der Waals surface area contributed by atoms with Crippen LogP contribution in [0.2, 0.25) is 0 Å². The van der Waals surface area contributed by atoms with Crippen LogP contribution in [0.4, 0.5) is 4.39 Å². The molecule has 0 aliphatic carbocycles. The van der Waals surface area contributed by atoms with Gasteiger partial charge in [-0.25, -0.2) is 4.39 Å². The van der Waals surface area contributed by atoms with Crippen LogP contribution in [0, 0.1) is 17.8 Å². The second-order valence-corrected chi connectivity index (χ2v) is 4.66. The van der Waals surface area contributed by atoms with Gasteiger partial charge in [0.2, 0.25) is 0 Å². The van der Waals surface area contributed by atoms with Gasteiger partial charge in [0.15, 0.2) is 0 Å². The third-order valence-electron chi connectivity index (χ3n) is 2.79. The fourth-order valence-corrected chi connectivity index (χ4v) is 1.15. The van der Waals surface area contributed by atoms with Crippen molar-refractivity contribution in [3.63, 3.8) is 0 Å². The molecule has 0 bridgehead atoms. The van der Waals surface area contributed by atoms with Gasteiger partial charge in [-0.05, 0) is 24.3 Å². The molecule has 88 valence electrons. The van der Waals surface area contributed by atoms with Crippen LogP contribution < -0.4 is 0 Å². The van der Waals surface area contributed by atoms with Crippen LogP contribution in [-0.2, 0) is 0 Å². The molecule has 0 fully saturated rings. The number of hydrogen-bond donors (Lipinski definition) is 0. The van der Waals surface area contributed by atoms with E-state index in [4.69, 9.17) is 0 Å². The van der Waals surface area contributed by atoms with Gasteiger partial charge in [0, 0.05) is 5.92 Å². The van der Waals surface area contributed by atoms with E-state index in [1.165, 1.54) is 0 Å². The molecule has 15 heavy (non-hydrogen) atoms. The summed E-state index contributed by atoms with van der Waals surface area (Å²) in [6.45, 7) is 10.3. The van der Waals surface area contributed by atoms with Gasteiger partial charge >= 0.3 is 0 Å². The van der Waals surface area contributed by atoms with Crippen LogP contribution in [0.25, 0.3) is 0 Å². The van der Waals surface area contributed by atoms with Crippen molar-refractivity contribution >= 4 is 0 Å². The van der Waals surface area contributed by atoms with Crippen molar-refractivity contribution < 1.29 is 4.39 Å². The SMILES string of the molecule is CCC/C=C\[C@H](C)/C(F)=C\[C@@H](C)C(C)C. The molecule has 0 aliphatic rings. The van der Waals surface area contributed by atoms with E-state index in [2.05, 4.69) is 33.8 Å². The lowest BCUT2D eigenvalue weighted by atomic mass is 9.95. The molecule has 2 atom stereocenters. The molecule has 0 N–H and O–H groups in total. The Kier molecular flexibility index (Phi) is 7.37. The average molecular weight is 212 g/mol. The third kappa shape index (κ3) is 6.48. The van der Waals surface area contributed by atoms with Crippen molar-refractivity contribution in [3.05, 3.63) is 24.1 Å². The van der Waals surface area contributed by atoms with E-state index in [9.17, 15) is 4.39 Å². The minimum absolute atomic E-state index is 0.00329. The lowest BCUT2D eigenvalue weighted by Gasteiger charge is -2.12. The quantitative estimate of drug-likeness (QED) is 0.536. The highest BCUT2D eigenvalue weighted by Crippen LogP contribution is 2.20. The fourth-order valence-electron chi connectivity index (χ4n) is 1.15. The number of rotatable bonds is 6. The minimum Gasteiger partial charge on any atom is -0.212 e.